The van der Waals surface area contributed by atoms with Gasteiger partial charge in [0, 0.05) is 5.75 Å². The minimum atomic E-state index is -4.06. The number of fused-ring (bicyclic) bond motifs is 1. The van der Waals surface area contributed by atoms with Crippen LogP contribution >= 0.6 is 0 Å². The number of carboxylic acid groups (broad SMARTS) is 1. The lowest BCUT2D eigenvalue weighted by Gasteiger charge is -2.06. The van der Waals surface area contributed by atoms with Crippen LogP contribution in [0.25, 0.3) is 6.08 Å². The maximum absolute atomic E-state index is 12.3. The Kier molecular flexibility index (Phi) is 3.47. The molecule has 0 fully saturated rings. The normalized spacial score (nSPS) is 16.6. The third-order valence-corrected chi connectivity index (χ3v) is 6.77. The lowest BCUT2D eigenvalue weighted by molar-refractivity contribution is 0.0692. The van der Waals surface area contributed by atoms with Crippen LogP contribution in [0, 0.1) is 0 Å². The van der Waals surface area contributed by atoms with Crippen LogP contribution in [0.1, 0.15) is 22.8 Å². The Bertz CT molecular complexity index is 816. The summed E-state index contributed by atoms with van der Waals surface area (Å²) in [5.41, 5.74) is -0.131. The van der Waals surface area contributed by atoms with Crippen molar-refractivity contribution in [3.63, 3.8) is 0 Å². The van der Waals surface area contributed by atoms with Crippen molar-refractivity contribution in [1.29, 1.82) is 0 Å². The Hall–Kier alpha value is -1.67. The summed E-state index contributed by atoms with van der Waals surface area (Å²) in [7, 11) is -7.58. The number of hydrogen-bond donors (Lipinski definition) is 1. The van der Waals surface area contributed by atoms with E-state index in [1.54, 1.807) is 0 Å². The maximum Gasteiger partial charge on any atom is 0.337 e. The van der Waals surface area contributed by atoms with E-state index in [1.807, 2.05) is 0 Å². The van der Waals surface area contributed by atoms with E-state index in [2.05, 4.69) is 0 Å². The SMILES string of the molecule is CCS(=O)(=O)CC1=Cc2cccc(C(=O)O)c2S1(=O)=O. The first kappa shape index (κ1) is 14.7. The molecule has 1 aliphatic heterocycles. The van der Waals surface area contributed by atoms with E-state index < -0.39 is 31.4 Å². The molecule has 0 saturated carbocycles. The van der Waals surface area contributed by atoms with Crippen LogP contribution in [-0.2, 0) is 19.7 Å². The summed E-state index contributed by atoms with van der Waals surface area (Å²) < 4.78 is 47.8. The highest BCUT2D eigenvalue weighted by molar-refractivity contribution is 7.98. The van der Waals surface area contributed by atoms with Crippen LogP contribution in [0.2, 0.25) is 0 Å². The smallest absolute Gasteiger partial charge is 0.337 e. The number of hydrogen-bond acceptors (Lipinski definition) is 5. The molecule has 1 heterocycles. The molecule has 0 spiro atoms. The standard InChI is InChI=1S/C12H12O6S2/c1-2-19(15,16)7-9-6-8-4-3-5-10(12(13)14)11(8)20(9,17)18/h3-6H,2,7H2,1H3,(H,13,14). The Labute approximate surface area is 116 Å². The molecule has 0 bridgehead atoms. The van der Waals surface area contributed by atoms with Crippen LogP contribution < -0.4 is 0 Å². The second kappa shape index (κ2) is 4.71. The molecule has 0 unspecified atom stereocenters. The molecule has 0 atom stereocenters. The second-order valence-corrected chi connectivity index (χ2v) is 8.61. The van der Waals surface area contributed by atoms with Crippen molar-refractivity contribution in [2.75, 3.05) is 11.5 Å². The lowest BCUT2D eigenvalue weighted by atomic mass is 10.1. The Morgan fingerprint density at radius 1 is 1.30 bits per heavy atom. The minimum absolute atomic E-state index is 0.179. The summed E-state index contributed by atoms with van der Waals surface area (Å²) in [6.45, 7) is 1.42. The van der Waals surface area contributed by atoms with Gasteiger partial charge in [0.1, 0.15) is 0 Å². The summed E-state index contributed by atoms with van der Waals surface area (Å²) in [4.78, 5) is 10.5. The van der Waals surface area contributed by atoms with Gasteiger partial charge in [-0.15, -0.1) is 0 Å². The molecule has 0 radical (unpaired) electrons. The molecule has 0 aromatic heterocycles. The fourth-order valence-electron chi connectivity index (χ4n) is 1.96. The van der Waals surface area contributed by atoms with E-state index >= 15 is 0 Å². The number of benzene rings is 1. The number of aromatic carboxylic acids is 1. The van der Waals surface area contributed by atoms with Crippen LogP contribution in [-0.4, -0.2) is 39.4 Å². The fraction of sp³-hybridized carbons (Fsp3) is 0.250. The zero-order valence-electron chi connectivity index (χ0n) is 10.5. The molecule has 0 aliphatic carbocycles. The summed E-state index contributed by atoms with van der Waals surface area (Å²) in [6.07, 6.45) is 1.23. The van der Waals surface area contributed by atoms with Gasteiger partial charge in [-0.3, -0.25) is 0 Å². The summed E-state index contributed by atoms with van der Waals surface area (Å²) >= 11 is 0. The van der Waals surface area contributed by atoms with Gasteiger partial charge in [0.15, 0.2) is 9.84 Å². The molecular formula is C12H12O6S2. The van der Waals surface area contributed by atoms with Gasteiger partial charge in [-0.1, -0.05) is 19.1 Å². The van der Waals surface area contributed by atoms with E-state index in [1.165, 1.54) is 31.2 Å². The van der Waals surface area contributed by atoms with Gasteiger partial charge < -0.3 is 5.11 Å². The first-order valence-corrected chi connectivity index (χ1v) is 9.02. The summed E-state index contributed by atoms with van der Waals surface area (Å²) in [6, 6.07) is 4.06. The van der Waals surface area contributed by atoms with E-state index in [-0.39, 0.29) is 26.7 Å². The quantitative estimate of drug-likeness (QED) is 0.886. The van der Waals surface area contributed by atoms with E-state index in [9.17, 15) is 21.6 Å². The van der Waals surface area contributed by atoms with Gasteiger partial charge in [0.2, 0.25) is 9.84 Å². The van der Waals surface area contributed by atoms with Gasteiger partial charge in [-0.2, -0.15) is 0 Å². The Morgan fingerprint density at radius 3 is 2.50 bits per heavy atom. The molecular weight excluding hydrogens is 304 g/mol. The molecule has 0 amide bonds. The van der Waals surface area contributed by atoms with E-state index in [0.717, 1.165) is 0 Å². The van der Waals surface area contributed by atoms with Gasteiger partial charge in [-0.25, -0.2) is 21.6 Å². The molecule has 108 valence electrons. The zero-order valence-corrected chi connectivity index (χ0v) is 12.2. The predicted molar refractivity (Wildman–Crippen MR) is 72.9 cm³/mol. The molecule has 20 heavy (non-hydrogen) atoms. The average molecular weight is 316 g/mol. The van der Waals surface area contributed by atoms with Crippen molar-refractivity contribution in [3.8, 4) is 0 Å². The Morgan fingerprint density at radius 2 is 1.95 bits per heavy atom. The lowest BCUT2D eigenvalue weighted by Crippen LogP contribution is -2.16. The Balaban J connectivity index is 2.60. The van der Waals surface area contributed by atoms with Gasteiger partial charge >= 0.3 is 5.97 Å². The molecule has 1 aromatic carbocycles. The minimum Gasteiger partial charge on any atom is -0.478 e. The van der Waals surface area contributed by atoms with Gasteiger partial charge in [0.05, 0.1) is 21.1 Å². The second-order valence-electron chi connectivity index (χ2n) is 4.32. The molecule has 1 N–H and O–H groups in total. The first-order valence-electron chi connectivity index (χ1n) is 5.71. The molecule has 1 aliphatic rings. The maximum atomic E-state index is 12.3. The summed E-state index contributed by atoms with van der Waals surface area (Å²) in [5, 5.41) is 9.04. The predicted octanol–water partition coefficient (Wildman–Crippen LogP) is 0.948. The number of carboxylic acids is 1. The molecule has 8 heteroatoms. The molecule has 2 rings (SSSR count). The van der Waals surface area contributed by atoms with E-state index in [0.29, 0.717) is 0 Å². The number of rotatable bonds is 4. The molecule has 1 aromatic rings. The van der Waals surface area contributed by atoms with Crippen LogP contribution in [0.3, 0.4) is 0 Å². The van der Waals surface area contributed by atoms with E-state index in [4.69, 9.17) is 5.11 Å². The number of carbonyl (C=O) groups is 1. The van der Waals surface area contributed by atoms with Crippen molar-refractivity contribution < 1.29 is 26.7 Å². The van der Waals surface area contributed by atoms with Crippen LogP contribution in [0.5, 0.6) is 0 Å². The van der Waals surface area contributed by atoms with Crippen molar-refractivity contribution >= 4 is 31.7 Å². The largest absolute Gasteiger partial charge is 0.478 e. The molecule has 0 saturated heterocycles. The third-order valence-electron chi connectivity index (χ3n) is 3.01. The average Bonchev–Trinajstić information content (AvgIpc) is 2.60. The zero-order chi connectivity index (χ0) is 15.1. The highest BCUT2D eigenvalue weighted by Gasteiger charge is 2.35. The highest BCUT2D eigenvalue weighted by atomic mass is 32.2. The van der Waals surface area contributed by atoms with Gasteiger partial charge in [-0.05, 0) is 17.7 Å². The summed E-state index contributed by atoms with van der Waals surface area (Å²) in [5.74, 6) is -2.15. The monoisotopic (exact) mass is 316 g/mol. The topological polar surface area (TPSA) is 106 Å². The van der Waals surface area contributed by atoms with Crippen molar-refractivity contribution in [2.24, 2.45) is 0 Å². The highest BCUT2D eigenvalue weighted by Crippen LogP contribution is 2.36. The first-order chi connectivity index (χ1) is 9.19. The van der Waals surface area contributed by atoms with Gasteiger partial charge in [0.25, 0.3) is 0 Å². The van der Waals surface area contributed by atoms with Crippen LogP contribution in [0.15, 0.2) is 28.0 Å². The van der Waals surface area contributed by atoms with Crippen molar-refractivity contribution in [1.82, 2.24) is 0 Å². The van der Waals surface area contributed by atoms with Crippen molar-refractivity contribution in [2.45, 2.75) is 11.8 Å². The van der Waals surface area contributed by atoms with Crippen molar-refractivity contribution in [3.05, 3.63) is 34.2 Å². The van der Waals surface area contributed by atoms with Crippen LogP contribution in [0.4, 0.5) is 0 Å². The number of sulfone groups is 2. The molecule has 6 nitrogen and oxygen atoms in total. The fourth-order valence-corrected chi connectivity index (χ4v) is 5.26. The third kappa shape index (κ3) is 2.36.